The van der Waals surface area contributed by atoms with E-state index >= 15 is 0 Å². The van der Waals surface area contributed by atoms with Crippen LogP contribution in [-0.4, -0.2) is 68.3 Å². The summed E-state index contributed by atoms with van der Waals surface area (Å²) in [6.07, 6.45) is 3.39. The minimum atomic E-state index is -3.70. The van der Waals surface area contributed by atoms with Gasteiger partial charge in [-0.2, -0.15) is 4.31 Å². The van der Waals surface area contributed by atoms with Crippen molar-refractivity contribution in [3.63, 3.8) is 0 Å². The molecular formula is C21H24N6O4S. The maximum Gasteiger partial charge on any atom is 0.246 e. The van der Waals surface area contributed by atoms with Crippen molar-refractivity contribution in [2.75, 3.05) is 50.6 Å². The Hall–Kier alpha value is -3.44. The molecule has 0 radical (unpaired) electrons. The number of nitrogens with zero attached hydrogens (tertiary/aromatic N) is 5. The Balaban J connectivity index is 1.41. The lowest BCUT2D eigenvalue weighted by Gasteiger charge is -2.34. The van der Waals surface area contributed by atoms with E-state index in [-0.39, 0.29) is 10.6 Å². The molecule has 1 aromatic carbocycles. The Bertz CT molecular complexity index is 1150. The van der Waals surface area contributed by atoms with Crippen molar-refractivity contribution in [3.8, 4) is 11.5 Å². The van der Waals surface area contributed by atoms with Gasteiger partial charge >= 0.3 is 0 Å². The molecule has 11 heteroatoms. The third-order valence-corrected chi connectivity index (χ3v) is 7.09. The lowest BCUT2D eigenvalue weighted by atomic mass is 10.3. The van der Waals surface area contributed by atoms with E-state index in [2.05, 4.69) is 20.5 Å². The molecule has 10 nitrogen and oxygen atoms in total. The number of rotatable bonds is 7. The van der Waals surface area contributed by atoms with E-state index in [0.717, 1.165) is 5.69 Å². The molecule has 0 amide bonds. The molecule has 1 aliphatic heterocycles. The van der Waals surface area contributed by atoms with Gasteiger partial charge in [-0.15, -0.1) is 10.2 Å². The SMILES string of the molecule is COc1ccc(S(=O)(=O)N2CCN(c3ccc(Nc4ccncc4)nn3)CC2)c(OC)c1. The van der Waals surface area contributed by atoms with Crippen LogP contribution in [0.1, 0.15) is 0 Å². The third-order valence-electron chi connectivity index (χ3n) is 5.15. The average Bonchev–Trinajstić information content (AvgIpc) is 2.84. The summed E-state index contributed by atoms with van der Waals surface area (Å²) >= 11 is 0. The zero-order chi connectivity index (χ0) is 22.6. The summed E-state index contributed by atoms with van der Waals surface area (Å²) in [5, 5.41) is 11.7. The lowest BCUT2D eigenvalue weighted by Crippen LogP contribution is -2.49. The molecule has 0 spiro atoms. The lowest BCUT2D eigenvalue weighted by molar-refractivity contribution is 0.369. The second-order valence-corrected chi connectivity index (χ2v) is 8.95. The van der Waals surface area contributed by atoms with Crippen molar-refractivity contribution in [2.24, 2.45) is 0 Å². The van der Waals surface area contributed by atoms with Crippen LogP contribution in [0.4, 0.5) is 17.3 Å². The Morgan fingerprint density at radius 2 is 1.66 bits per heavy atom. The van der Waals surface area contributed by atoms with Gasteiger partial charge < -0.3 is 19.7 Å². The normalized spacial score (nSPS) is 14.8. The van der Waals surface area contributed by atoms with Crippen LogP contribution < -0.4 is 19.7 Å². The van der Waals surface area contributed by atoms with Gasteiger partial charge in [-0.3, -0.25) is 4.98 Å². The van der Waals surface area contributed by atoms with Crippen molar-refractivity contribution in [1.29, 1.82) is 0 Å². The van der Waals surface area contributed by atoms with E-state index < -0.39 is 10.0 Å². The average molecular weight is 457 g/mol. The molecule has 4 rings (SSSR count). The molecule has 0 aliphatic carbocycles. The molecule has 1 saturated heterocycles. The number of anilines is 3. The second kappa shape index (κ2) is 9.37. The Labute approximate surface area is 186 Å². The number of methoxy groups -OCH3 is 2. The van der Waals surface area contributed by atoms with E-state index in [1.54, 1.807) is 24.5 Å². The van der Waals surface area contributed by atoms with Crippen molar-refractivity contribution < 1.29 is 17.9 Å². The zero-order valence-electron chi connectivity index (χ0n) is 17.8. The van der Waals surface area contributed by atoms with Gasteiger partial charge in [0.05, 0.1) is 14.2 Å². The Kier molecular flexibility index (Phi) is 6.37. The number of benzene rings is 1. The van der Waals surface area contributed by atoms with Crippen LogP contribution in [0.3, 0.4) is 0 Å². The molecule has 0 unspecified atom stereocenters. The summed E-state index contributed by atoms with van der Waals surface area (Å²) < 4.78 is 38.3. The fraction of sp³-hybridized carbons (Fsp3) is 0.286. The molecule has 2 aromatic heterocycles. The molecule has 0 bridgehead atoms. The molecule has 1 aliphatic rings. The Morgan fingerprint density at radius 3 is 2.28 bits per heavy atom. The number of ether oxygens (including phenoxy) is 2. The van der Waals surface area contributed by atoms with Crippen LogP contribution >= 0.6 is 0 Å². The van der Waals surface area contributed by atoms with Gasteiger partial charge in [0.25, 0.3) is 0 Å². The Morgan fingerprint density at radius 1 is 0.906 bits per heavy atom. The van der Waals surface area contributed by atoms with Crippen molar-refractivity contribution in [3.05, 3.63) is 54.9 Å². The van der Waals surface area contributed by atoms with E-state index in [1.165, 1.54) is 24.6 Å². The molecular weight excluding hydrogens is 432 g/mol. The molecule has 0 atom stereocenters. The van der Waals surface area contributed by atoms with E-state index in [4.69, 9.17) is 9.47 Å². The fourth-order valence-corrected chi connectivity index (χ4v) is 4.99. The minimum absolute atomic E-state index is 0.126. The number of hydrogen-bond donors (Lipinski definition) is 1. The third kappa shape index (κ3) is 4.58. The summed E-state index contributed by atoms with van der Waals surface area (Å²) in [6.45, 7) is 1.67. The number of nitrogens with one attached hydrogen (secondary N) is 1. The first-order valence-electron chi connectivity index (χ1n) is 9.99. The minimum Gasteiger partial charge on any atom is -0.497 e. The number of sulfonamides is 1. The summed E-state index contributed by atoms with van der Waals surface area (Å²) in [6, 6.07) is 12.1. The molecule has 3 aromatic rings. The van der Waals surface area contributed by atoms with E-state index in [0.29, 0.717) is 43.6 Å². The van der Waals surface area contributed by atoms with Crippen LogP contribution in [0, 0.1) is 0 Å². The van der Waals surface area contributed by atoms with Gasteiger partial charge in [0.15, 0.2) is 11.6 Å². The van der Waals surface area contributed by atoms with E-state index in [9.17, 15) is 8.42 Å². The highest BCUT2D eigenvalue weighted by atomic mass is 32.2. The van der Waals surface area contributed by atoms with Gasteiger partial charge in [-0.25, -0.2) is 8.42 Å². The quantitative estimate of drug-likeness (QED) is 0.572. The van der Waals surface area contributed by atoms with Crippen molar-refractivity contribution >= 4 is 27.3 Å². The standard InChI is InChI=1S/C21H24N6O4S/c1-30-17-3-4-19(18(15-17)31-2)32(28,29)27-13-11-26(12-14-27)21-6-5-20(24-25-21)23-16-7-9-22-10-8-16/h3-10,15H,11-14H2,1-2H3,(H,22,23,24). The van der Waals surface area contributed by atoms with Crippen molar-refractivity contribution in [2.45, 2.75) is 4.90 Å². The predicted octanol–water partition coefficient (Wildman–Crippen LogP) is 2.14. The molecule has 32 heavy (non-hydrogen) atoms. The summed E-state index contributed by atoms with van der Waals surface area (Å²) in [5.41, 5.74) is 0.870. The maximum atomic E-state index is 13.2. The van der Waals surface area contributed by atoms with Gasteiger partial charge in [0, 0.05) is 50.3 Å². The first-order valence-corrected chi connectivity index (χ1v) is 11.4. The first-order chi connectivity index (χ1) is 15.5. The highest BCUT2D eigenvalue weighted by Crippen LogP contribution is 2.31. The number of aromatic nitrogens is 3. The monoisotopic (exact) mass is 456 g/mol. The zero-order valence-corrected chi connectivity index (χ0v) is 18.6. The smallest absolute Gasteiger partial charge is 0.246 e. The number of hydrogen-bond acceptors (Lipinski definition) is 9. The van der Waals surface area contributed by atoms with Gasteiger partial charge in [0.1, 0.15) is 16.4 Å². The van der Waals surface area contributed by atoms with Crippen LogP contribution in [0.2, 0.25) is 0 Å². The largest absolute Gasteiger partial charge is 0.497 e. The molecule has 168 valence electrons. The van der Waals surface area contributed by atoms with Crippen molar-refractivity contribution in [1.82, 2.24) is 19.5 Å². The first kappa shape index (κ1) is 21.8. The highest BCUT2D eigenvalue weighted by molar-refractivity contribution is 7.89. The van der Waals surface area contributed by atoms with Crippen LogP contribution in [0.25, 0.3) is 0 Å². The van der Waals surface area contributed by atoms with Crippen LogP contribution in [0.15, 0.2) is 59.8 Å². The molecule has 3 heterocycles. The van der Waals surface area contributed by atoms with E-state index in [1.807, 2.05) is 29.2 Å². The van der Waals surface area contributed by atoms with Gasteiger partial charge in [-0.05, 0) is 36.4 Å². The predicted molar refractivity (Wildman–Crippen MR) is 120 cm³/mol. The molecule has 0 saturated carbocycles. The number of piperazine rings is 1. The van der Waals surface area contributed by atoms with Gasteiger partial charge in [0.2, 0.25) is 10.0 Å². The van der Waals surface area contributed by atoms with Gasteiger partial charge in [-0.1, -0.05) is 0 Å². The fourth-order valence-electron chi connectivity index (χ4n) is 3.43. The molecule has 1 N–H and O–H groups in total. The topological polar surface area (TPSA) is 110 Å². The number of pyridine rings is 1. The second-order valence-electron chi connectivity index (χ2n) is 7.05. The van der Waals surface area contributed by atoms with Crippen LogP contribution in [-0.2, 0) is 10.0 Å². The maximum absolute atomic E-state index is 13.2. The highest BCUT2D eigenvalue weighted by Gasteiger charge is 2.31. The molecule has 1 fully saturated rings. The summed E-state index contributed by atoms with van der Waals surface area (Å²) in [7, 11) is -0.739. The summed E-state index contributed by atoms with van der Waals surface area (Å²) in [5.74, 6) is 2.11. The van der Waals surface area contributed by atoms with Crippen LogP contribution in [0.5, 0.6) is 11.5 Å². The summed E-state index contributed by atoms with van der Waals surface area (Å²) in [4.78, 5) is 6.12.